The van der Waals surface area contributed by atoms with Gasteiger partial charge in [0.15, 0.2) is 6.10 Å². The number of nitrogens with one attached hydrogen (secondary N) is 2. The summed E-state index contributed by atoms with van der Waals surface area (Å²) < 4.78 is 0. The minimum atomic E-state index is -1.60. The molecule has 1 heterocycles. The molecular weight excluding hydrogens is 246 g/mol. The van der Waals surface area contributed by atoms with Crippen molar-refractivity contribution in [2.45, 2.75) is 19.1 Å². The van der Waals surface area contributed by atoms with Gasteiger partial charge in [0.1, 0.15) is 5.01 Å². The van der Waals surface area contributed by atoms with Crippen LogP contribution in [-0.2, 0) is 4.79 Å². The van der Waals surface area contributed by atoms with Crippen LogP contribution in [-0.4, -0.2) is 39.8 Å². The van der Waals surface area contributed by atoms with Crippen molar-refractivity contribution in [3.05, 3.63) is 16.6 Å². The number of carboxylic acid groups (broad SMARTS) is 1. The number of aliphatic carboxylic acids is 1. The third-order valence-corrected chi connectivity index (χ3v) is 2.87. The third-order valence-electron chi connectivity index (χ3n) is 1.91. The Labute approximate surface area is 101 Å². The van der Waals surface area contributed by atoms with Crippen LogP contribution in [0.1, 0.15) is 18.0 Å². The zero-order chi connectivity index (χ0) is 12.8. The molecule has 0 aliphatic carbocycles. The van der Waals surface area contributed by atoms with Crippen LogP contribution in [0.25, 0.3) is 0 Å². The summed E-state index contributed by atoms with van der Waals surface area (Å²) in [5.74, 6) is -1.38. The summed E-state index contributed by atoms with van der Waals surface area (Å²) in [4.78, 5) is 25.6. The zero-order valence-corrected chi connectivity index (χ0v) is 9.90. The monoisotopic (exact) mass is 259 g/mol. The molecule has 8 heteroatoms. The summed E-state index contributed by atoms with van der Waals surface area (Å²) in [6.07, 6.45) is 0.0282. The first-order valence-corrected chi connectivity index (χ1v) is 5.73. The summed E-state index contributed by atoms with van der Waals surface area (Å²) in [6, 6.07) is -0.815. The lowest BCUT2D eigenvalue weighted by Gasteiger charge is -2.13. The van der Waals surface area contributed by atoms with Gasteiger partial charge in [0.2, 0.25) is 0 Å². The SMILES string of the molecule is CC(NC(=O)NC[C@H](O)C(=O)O)c1nccs1. The first-order valence-electron chi connectivity index (χ1n) is 4.85. The largest absolute Gasteiger partial charge is 0.479 e. The number of rotatable bonds is 5. The summed E-state index contributed by atoms with van der Waals surface area (Å²) in [5.41, 5.74) is 0. The Balaban J connectivity index is 2.32. The number of nitrogens with zero attached hydrogens (tertiary/aromatic N) is 1. The summed E-state index contributed by atoms with van der Waals surface area (Å²) in [6.45, 7) is 1.41. The van der Waals surface area contributed by atoms with Crippen molar-refractivity contribution < 1.29 is 19.8 Å². The molecule has 0 aromatic carbocycles. The standard InChI is InChI=1S/C9H13N3O4S/c1-5(7-10-2-3-17-7)12-9(16)11-4-6(13)8(14)15/h2-3,5-6,13H,4H2,1H3,(H,14,15)(H2,11,12,16)/t5?,6-/m0/s1. The fourth-order valence-electron chi connectivity index (χ4n) is 1.03. The van der Waals surface area contributed by atoms with Crippen LogP contribution in [0.3, 0.4) is 0 Å². The Morgan fingerprint density at radius 1 is 1.59 bits per heavy atom. The number of thiazole rings is 1. The Kier molecular flexibility index (Phi) is 4.85. The van der Waals surface area contributed by atoms with Crippen LogP contribution in [0.4, 0.5) is 4.79 Å². The topological polar surface area (TPSA) is 112 Å². The molecule has 0 radical (unpaired) electrons. The van der Waals surface area contributed by atoms with Gasteiger partial charge in [-0.05, 0) is 6.92 Å². The second-order valence-corrected chi connectivity index (χ2v) is 4.23. The molecule has 1 rings (SSSR count). The fraction of sp³-hybridized carbons (Fsp3) is 0.444. The molecule has 1 aromatic rings. The number of aromatic nitrogens is 1. The Morgan fingerprint density at radius 3 is 2.82 bits per heavy atom. The minimum Gasteiger partial charge on any atom is -0.479 e. The number of urea groups is 1. The van der Waals surface area contributed by atoms with Crippen molar-refractivity contribution in [2.24, 2.45) is 0 Å². The van der Waals surface area contributed by atoms with Gasteiger partial charge in [0.05, 0.1) is 12.6 Å². The van der Waals surface area contributed by atoms with Gasteiger partial charge in [0, 0.05) is 11.6 Å². The molecule has 4 N–H and O–H groups in total. The van der Waals surface area contributed by atoms with E-state index in [-0.39, 0.29) is 12.6 Å². The lowest BCUT2D eigenvalue weighted by atomic mass is 10.3. The molecular formula is C9H13N3O4S. The highest BCUT2D eigenvalue weighted by molar-refractivity contribution is 7.09. The molecule has 1 aromatic heterocycles. The Morgan fingerprint density at radius 2 is 2.29 bits per heavy atom. The second-order valence-electron chi connectivity index (χ2n) is 3.30. The Hall–Kier alpha value is -1.67. The van der Waals surface area contributed by atoms with Crippen molar-refractivity contribution in [1.29, 1.82) is 0 Å². The van der Waals surface area contributed by atoms with Crippen molar-refractivity contribution >= 4 is 23.3 Å². The van der Waals surface area contributed by atoms with E-state index in [1.165, 1.54) is 11.3 Å². The maximum absolute atomic E-state index is 11.3. The molecule has 17 heavy (non-hydrogen) atoms. The molecule has 0 saturated carbocycles. The number of carbonyl (C=O) groups excluding carboxylic acids is 1. The third kappa shape index (κ3) is 4.37. The molecule has 0 aliphatic heterocycles. The number of aliphatic hydroxyl groups excluding tert-OH is 1. The molecule has 0 saturated heterocycles. The van der Waals surface area contributed by atoms with Crippen LogP contribution < -0.4 is 10.6 Å². The van der Waals surface area contributed by atoms with Crippen LogP contribution in [0.15, 0.2) is 11.6 Å². The maximum Gasteiger partial charge on any atom is 0.334 e. The highest BCUT2D eigenvalue weighted by atomic mass is 32.1. The minimum absolute atomic E-state index is 0.267. The smallest absolute Gasteiger partial charge is 0.334 e. The first-order chi connectivity index (χ1) is 8.00. The number of amides is 2. The average Bonchev–Trinajstić information content (AvgIpc) is 2.78. The lowest BCUT2D eigenvalue weighted by molar-refractivity contribution is -0.146. The van der Waals surface area contributed by atoms with Gasteiger partial charge in [-0.25, -0.2) is 14.6 Å². The van der Waals surface area contributed by atoms with Gasteiger partial charge < -0.3 is 20.8 Å². The number of hydrogen-bond acceptors (Lipinski definition) is 5. The first kappa shape index (κ1) is 13.4. The van der Waals surface area contributed by atoms with E-state index in [1.807, 2.05) is 0 Å². The van der Waals surface area contributed by atoms with Crippen LogP contribution in [0.5, 0.6) is 0 Å². The van der Waals surface area contributed by atoms with Gasteiger partial charge in [0.25, 0.3) is 0 Å². The quantitative estimate of drug-likeness (QED) is 0.592. The van der Waals surface area contributed by atoms with E-state index in [0.29, 0.717) is 0 Å². The number of aliphatic hydroxyl groups is 1. The van der Waals surface area contributed by atoms with Crippen LogP contribution >= 0.6 is 11.3 Å². The van der Waals surface area contributed by atoms with Gasteiger partial charge in [-0.2, -0.15) is 0 Å². The fourth-order valence-corrected chi connectivity index (χ4v) is 1.68. The van der Waals surface area contributed by atoms with Gasteiger partial charge >= 0.3 is 12.0 Å². The second kappa shape index (κ2) is 6.16. The van der Waals surface area contributed by atoms with E-state index in [1.54, 1.807) is 18.5 Å². The predicted molar refractivity (Wildman–Crippen MR) is 60.7 cm³/mol. The van der Waals surface area contributed by atoms with Gasteiger partial charge in [-0.1, -0.05) is 0 Å². The van der Waals surface area contributed by atoms with E-state index in [4.69, 9.17) is 10.2 Å². The molecule has 0 fully saturated rings. The maximum atomic E-state index is 11.3. The van der Waals surface area contributed by atoms with E-state index in [0.717, 1.165) is 5.01 Å². The molecule has 0 bridgehead atoms. The van der Waals surface area contributed by atoms with Crippen molar-refractivity contribution in [2.75, 3.05) is 6.54 Å². The molecule has 0 spiro atoms. The number of carbonyl (C=O) groups is 2. The van der Waals surface area contributed by atoms with Crippen molar-refractivity contribution in [3.8, 4) is 0 Å². The van der Waals surface area contributed by atoms with E-state index < -0.39 is 18.1 Å². The highest BCUT2D eigenvalue weighted by Gasteiger charge is 2.15. The summed E-state index contributed by atoms with van der Waals surface area (Å²) >= 11 is 1.41. The van der Waals surface area contributed by atoms with E-state index in [9.17, 15) is 9.59 Å². The zero-order valence-electron chi connectivity index (χ0n) is 9.08. The Bertz CT molecular complexity index is 382. The summed E-state index contributed by atoms with van der Waals surface area (Å²) in [7, 11) is 0. The van der Waals surface area contributed by atoms with Crippen LogP contribution in [0, 0.1) is 0 Å². The molecule has 7 nitrogen and oxygen atoms in total. The van der Waals surface area contributed by atoms with Crippen molar-refractivity contribution in [3.63, 3.8) is 0 Å². The highest BCUT2D eigenvalue weighted by Crippen LogP contribution is 2.13. The lowest BCUT2D eigenvalue weighted by Crippen LogP contribution is -2.42. The van der Waals surface area contributed by atoms with E-state index >= 15 is 0 Å². The number of carboxylic acids is 1. The molecule has 1 unspecified atom stereocenters. The van der Waals surface area contributed by atoms with Crippen LogP contribution in [0.2, 0.25) is 0 Å². The van der Waals surface area contributed by atoms with Crippen molar-refractivity contribution in [1.82, 2.24) is 15.6 Å². The number of hydrogen-bond donors (Lipinski definition) is 4. The van der Waals surface area contributed by atoms with E-state index in [2.05, 4.69) is 15.6 Å². The molecule has 2 atom stereocenters. The molecule has 0 aliphatic rings. The van der Waals surface area contributed by atoms with Gasteiger partial charge in [-0.3, -0.25) is 0 Å². The average molecular weight is 259 g/mol. The van der Waals surface area contributed by atoms with Gasteiger partial charge in [-0.15, -0.1) is 11.3 Å². The molecule has 2 amide bonds. The predicted octanol–water partition coefficient (Wildman–Crippen LogP) is -0.0512. The molecule has 94 valence electrons. The summed E-state index contributed by atoms with van der Waals surface area (Å²) in [5, 5.41) is 24.7. The normalized spacial score (nSPS) is 13.8.